The maximum Gasteiger partial charge on any atom is 0.251 e. The Labute approximate surface area is 186 Å². The molecule has 2 aliphatic rings. The summed E-state index contributed by atoms with van der Waals surface area (Å²) >= 11 is 11.9. The molecule has 2 aromatic rings. The van der Waals surface area contributed by atoms with Gasteiger partial charge < -0.3 is 14.8 Å². The first-order chi connectivity index (χ1) is 14.5. The molecule has 2 aliphatic heterocycles. The number of ether oxygens (including phenoxy) is 2. The highest BCUT2D eigenvalue weighted by atomic mass is 35.5. The third kappa shape index (κ3) is 5.31. The maximum atomic E-state index is 12.4. The molecule has 2 atom stereocenters. The number of rotatable bonds is 5. The first-order valence-corrected chi connectivity index (χ1v) is 10.9. The van der Waals surface area contributed by atoms with Gasteiger partial charge in [-0.05, 0) is 48.7 Å². The Balaban J connectivity index is 1.32. The molecule has 2 saturated heterocycles. The Hall–Kier alpha value is -1.70. The molecule has 1 amide bonds. The summed E-state index contributed by atoms with van der Waals surface area (Å²) in [5.41, 5.74) is 1.38. The molecule has 0 radical (unpaired) electrons. The van der Waals surface area contributed by atoms with Gasteiger partial charge in [-0.25, -0.2) is 0 Å². The predicted molar refractivity (Wildman–Crippen MR) is 116 cm³/mol. The number of nitrogens with zero attached hydrogens (tertiary/aromatic N) is 2. The Morgan fingerprint density at radius 2 is 2.07 bits per heavy atom. The van der Waals surface area contributed by atoms with Crippen LogP contribution in [-0.2, 0) is 16.0 Å². The molecule has 4 rings (SSSR count). The van der Waals surface area contributed by atoms with Gasteiger partial charge in [0, 0.05) is 44.1 Å². The highest BCUT2D eigenvalue weighted by Crippen LogP contribution is 2.33. The van der Waals surface area contributed by atoms with Gasteiger partial charge in [-0.1, -0.05) is 23.2 Å². The number of aromatic nitrogens is 1. The van der Waals surface area contributed by atoms with Gasteiger partial charge in [0.1, 0.15) is 5.60 Å². The van der Waals surface area contributed by atoms with Crippen molar-refractivity contribution >= 4 is 29.1 Å². The number of carbonyl (C=O) groups is 1. The zero-order valence-corrected chi connectivity index (χ0v) is 18.2. The van der Waals surface area contributed by atoms with Gasteiger partial charge in [0.15, 0.2) is 0 Å². The van der Waals surface area contributed by atoms with Crippen molar-refractivity contribution in [3.05, 3.63) is 63.9 Å². The largest absolute Gasteiger partial charge is 0.377 e. The van der Waals surface area contributed by atoms with Gasteiger partial charge in [0.05, 0.1) is 29.4 Å². The van der Waals surface area contributed by atoms with E-state index in [1.54, 1.807) is 18.2 Å². The van der Waals surface area contributed by atoms with Gasteiger partial charge in [-0.15, -0.1) is 0 Å². The molecule has 3 heterocycles. The van der Waals surface area contributed by atoms with Crippen LogP contribution in [0.5, 0.6) is 0 Å². The fraction of sp³-hybridized carbons (Fsp3) is 0.455. The van der Waals surface area contributed by atoms with Gasteiger partial charge in [0.25, 0.3) is 5.91 Å². The van der Waals surface area contributed by atoms with Crippen LogP contribution in [0.15, 0.2) is 42.7 Å². The smallest absolute Gasteiger partial charge is 0.251 e. The summed E-state index contributed by atoms with van der Waals surface area (Å²) < 4.78 is 12.3. The van der Waals surface area contributed by atoms with Crippen molar-refractivity contribution in [3.63, 3.8) is 0 Å². The molecule has 1 N–H and O–H groups in total. The van der Waals surface area contributed by atoms with Crippen LogP contribution in [0, 0.1) is 0 Å². The van der Waals surface area contributed by atoms with Crippen molar-refractivity contribution in [2.75, 3.05) is 32.8 Å². The third-order valence-corrected chi connectivity index (χ3v) is 6.33. The molecule has 1 aromatic carbocycles. The van der Waals surface area contributed by atoms with Crippen LogP contribution in [0.3, 0.4) is 0 Å². The molecular weight excluding hydrogens is 425 g/mol. The van der Waals surface area contributed by atoms with E-state index in [0.717, 1.165) is 32.5 Å². The first-order valence-electron chi connectivity index (χ1n) is 10.1. The number of carbonyl (C=O) groups excluding carboxylic acids is 1. The van der Waals surface area contributed by atoms with E-state index >= 15 is 0 Å². The lowest BCUT2D eigenvalue weighted by Gasteiger charge is -2.32. The van der Waals surface area contributed by atoms with Gasteiger partial charge in [-0.3, -0.25) is 14.7 Å². The standard InChI is InChI=1S/C22H25Cl2N3O3/c23-19-2-1-17(11-20(19)24)21(28)26-12-18-3-6-22(30-18)14-27(9-10-29-15-22)13-16-4-7-25-8-5-16/h1-2,4-5,7-8,11,18H,3,6,9-10,12-15H2,(H,26,28)/t18-,22+/m1/s1. The molecule has 1 aromatic heterocycles. The number of benzene rings is 1. The molecule has 30 heavy (non-hydrogen) atoms. The van der Waals surface area contributed by atoms with E-state index in [1.807, 2.05) is 24.5 Å². The second kappa shape index (κ2) is 9.62. The van der Waals surface area contributed by atoms with Crippen LogP contribution in [0.2, 0.25) is 10.0 Å². The van der Waals surface area contributed by atoms with Crippen LogP contribution in [0.4, 0.5) is 0 Å². The summed E-state index contributed by atoms with van der Waals surface area (Å²) in [6, 6.07) is 8.94. The highest BCUT2D eigenvalue weighted by molar-refractivity contribution is 6.42. The zero-order chi connectivity index (χ0) is 21.0. The summed E-state index contributed by atoms with van der Waals surface area (Å²) in [6.07, 6.45) is 5.39. The summed E-state index contributed by atoms with van der Waals surface area (Å²) in [5.74, 6) is -0.186. The van der Waals surface area contributed by atoms with Crippen molar-refractivity contribution in [1.82, 2.24) is 15.2 Å². The van der Waals surface area contributed by atoms with E-state index in [-0.39, 0.29) is 17.6 Å². The van der Waals surface area contributed by atoms with Crippen LogP contribution >= 0.6 is 23.2 Å². The average Bonchev–Trinajstić information content (AvgIpc) is 3.03. The molecule has 0 unspecified atom stereocenters. The van der Waals surface area contributed by atoms with E-state index in [2.05, 4.69) is 15.2 Å². The molecule has 8 heteroatoms. The highest BCUT2D eigenvalue weighted by Gasteiger charge is 2.43. The lowest BCUT2D eigenvalue weighted by atomic mass is 10.00. The Morgan fingerprint density at radius 3 is 2.87 bits per heavy atom. The molecule has 0 saturated carbocycles. The van der Waals surface area contributed by atoms with Crippen molar-refractivity contribution in [3.8, 4) is 0 Å². The lowest BCUT2D eigenvalue weighted by Crippen LogP contribution is -2.45. The lowest BCUT2D eigenvalue weighted by molar-refractivity contribution is -0.0849. The van der Waals surface area contributed by atoms with Crippen LogP contribution < -0.4 is 5.32 Å². The zero-order valence-electron chi connectivity index (χ0n) is 16.7. The molecule has 0 bridgehead atoms. The molecular formula is C22H25Cl2N3O3. The van der Waals surface area contributed by atoms with Gasteiger partial charge in [-0.2, -0.15) is 0 Å². The van der Waals surface area contributed by atoms with Crippen molar-refractivity contribution in [1.29, 1.82) is 0 Å². The fourth-order valence-electron chi connectivity index (χ4n) is 4.07. The minimum atomic E-state index is -0.331. The minimum absolute atomic E-state index is 0.0406. The molecule has 1 spiro atoms. The van der Waals surface area contributed by atoms with Gasteiger partial charge >= 0.3 is 0 Å². The normalized spacial score (nSPS) is 24.7. The predicted octanol–water partition coefficient (Wildman–Crippen LogP) is 3.57. The maximum absolute atomic E-state index is 12.4. The topological polar surface area (TPSA) is 63.7 Å². The second-order valence-corrected chi connectivity index (χ2v) is 8.73. The molecule has 6 nitrogen and oxygen atoms in total. The Kier molecular flexibility index (Phi) is 6.91. The number of hydrogen-bond donors (Lipinski definition) is 1. The van der Waals surface area contributed by atoms with Crippen LogP contribution in [-0.4, -0.2) is 60.3 Å². The third-order valence-electron chi connectivity index (χ3n) is 5.59. The van der Waals surface area contributed by atoms with E-state index in [0.29, 0.717) is 35.4 Å². The number of halogens is 2. The molecule has 2 fully saturated rings. The Morgan fingerprint density at radius 1 is 1.23 bits per heavy atom. The van der Waals surface area contributed by atoms with Gasteiger partial charge in [0.2, 0.25) is 0 Å². The van der Waals surface area contributed by atoms with E-state index in [1.165, 1.54) is 5.56 Å². The fourth-order valence-corrected chi connectivity index (χ4v) is 4.37. The van der Waals surface area contributed by atoms with E-state index in [9.17, 15) is 4.79 Å². The van der Waals surface area contributed by atoms with Crippen molar-refractivity contribution in [2.24, 2.45) is 0 Å². The SMILES string of the molecule is O=C(NC[C@H]1CC[C@]2(COCCN(Cc3ccncc3)C2)O1)c1ccc(Cl)c(Cl)c1. The molecule has 160 valence electrons. The van der Waals surface area contributed by atoms with E-state index in [4.69, 9.17) is 32.7 Å². The number of hydrogen-bond acceptors (Lipinski definition) is 5. The summed E-state index contributed by atoms with van der Waals surface area (Å²) in [5, 5.41) is 3.74. The average molecular weight is 450 g/mol. The Bertz CT molecular complexity index is 883. The number of nitrogens with one attached hydrogen (secondary N) is 1. The molecule has 0 aliphatic carbocycles. The number of amides is 1. The number of pyridine rings is 1. The summed E-state index contributed by atoms with van der Waals surface area (Å²) in [7, 11) is 0. The first kappa shape index (κ1) is 21.5. The van der Waals surface area contributed by atoms with Crippen LogP contribution in [0.25, 0.3) is 0 Å². The van der Waals surface area contributed by atoms with Crippen molar-refractivity contribution in [2.45, 2.75) is 31.1 Å². The minimum Gasteiger partial charge on any atom is -0.377 e. The van der Waals surface area contributed by atoms with Crippen molar-refractivity contribution < 1.29 is 14.3 Å². The quantitative estimate of drug-likeness (QED) is 0.755. The second-order valence-electron chi connectivity index (χ2n) is 7.92. The monoisotopic (exact) mass is 449 g/mol. The van der Waals surface area contributed by atoms with E-state index < -0.39 is 0 Å². The summed E-state index contributed by atoms with van der Waals surface area (Å²) in [6.45, 7) is 4.24. The summed E-state index contributed by atoms with van der Waals surface area (Å²) in [4.78, 5) is 18.9. The van der Waals surface area contributed by atoms with Crippen LogP contribution in [0.1, 0.15) is 28.8 Å².